The zero-order chi connectivity index (χ0) is 14.1. The summed E-state index contributed by atoms with van der Waals surface area (Å²) in [7, 11) is 0. The quantitative estimate of drug-likeness (QED) is 0.631. The topological polar surface area (TPSA) is 38.7 Å². The zero-order valence-corrected chi connectivity index (χ0v) is 12.8. The highest BCUT2D eigenvalue weighted by Crippen LogP contribution is 2.34. The van der Waals surface area contributed by atoms with Crippen molar-refractivity contribution in [1.29, 1.82) is 0 Å². The van der Waals surface area contributed by atoms with Crippen molar-refractivity contribution in [3.63, 3.8) is 0 Å². The van der Waals surface area contributed by atoms with E-state index in [0.717, 1.165) is 5.56 Å². The van der Waals surface area contributed by atoms with E-state index in [2.05, 4.69) is 15.0 Å². The van der Waals surface area contributed by atoms with Crippen molar-refractivity contribution < 1.29 is 0 Å². The van der Waals surface area contributed by atoms with Gasteiger partial charge in [-0.3, -0.25) is 0 Å². The first-order valence-corrected chi connectivity index (χ1v) is 7.53. The normalized spacial score (nSPS) is 10.8. The van der Waals surface area contributed by atoms with Crippen LogP contribution >= 0.6 is 34.5 Å². The largest absolute Gasteiger partial charge is 0.241 e. The van der Waals surface area contributed by atoms with Crippen molar-refractivity contribution in [3.05, 3.63) is 51.0 Å². The highest BCUT2D eigenvalue weighted by molar-refractivity contribution is 7.07. The molecule has 1 aromatic carbocycles. The lowest BCUT2D eigenvalue weighted by atomic mass is 10.1. The Kier molecular flexibility index (Phi) is 3.70. The molecular weight excluding hydrogens is 313 g/mol. The highest BCUT2D eigenvalue weighted by Gasteiger charge is 2.15. The molecule has 0 spiro atoms. The fraction of sp³-hybridized carbons (Fsp3) is 0.0714. The minimum absolute atomic E-state index is 0.330. The maximum atomic E-state index is 6.27. The van der Waals surface area contributed by atoms with Crippen LogP contribution in [-0.4, -0.2) is 15.0 Å². The Morgan fingerprint density at radius 3 is 2.20 bits per heavy atom. The van der Waals surface area contributed by atoms with Gasteiger partial charge in [0.2, 0.25) is 0 Å². The summed E-state index contributed by atoms with van der Waals surface area (Å²) in [5.41, 5.74) is 5.10. The molecule has 0 fully saturated rings. The molecular formula is C14H9Cl2N3S. The van der Waals surface area contributed by atoms with E-state index in [-0.39, 0.29) is 0 Å². The third kappa shape index (κ3) is 2.54. The summed E-state index contributed by atoms with van der Waals surface area (Å²) in [4.78, 5) is 12.7. The van der Waals surface area contributed by atoms with E-state index in [4.69, 9.17) is 23.2 Å². The van der Waals surface area contributed by atoms with Gasteiger partial charge in [0.1, 0.15) is 16.0 Å². The van der Waals surface area contributed by atoms with Crippen LogP contribution in [0.4, 0.5) is 0 Å². The predicted octanol–water partition coefficient (Wildman–Crippen LogP) is 4.88. The molecule has 100 valence electrons. The van der Waals surface area contributed by atoms with E-state index in [0.29, 0.717) is 27.4 Å². The fourth-order valence-electron chi connectivity index (χ4n) is 1.80. The van der Waals surface area contributed by atoms with Crippen molar-refractivity contribution in [3.8, 4) is 22.6 Å². The summed E-state index contributed by atoms with van der Waals surface area (Å²) in [5.74, 6) is 0.442. The molecule has 0 atom stereocenters. The first-order valence-electron chi connectivity index (χ1n) is 5.84. The Hall–Kier alpha value is -1.49. The number of hydrogen-bond donors (Lipinski definition) is 0. The number of benzene rings is 1. The number of halogens is 2. The molecule has 0 radical (unpaired) electrons. The second-order valence-electron chi connectivity index (χ2n) is 4.24. The Morgan fingerprint density at radius 1 is 1.00 bits per heavy atom. The average Bonchev–Trinajstić information content (AvgIpc) is 2.94. The fourth-order valence-corrected chi connectivity index (χ4v) is 2.94. The van der Waals surface area contributed by atoms with Gasteiger partial charge < -0.3 is 0 Å². The molecule has 0 aliphatic heterocycles. The minimum Gasteiger partial charge on any atom is -0.241 e. The third-order valence-electron chi connectivity index (χ3n) is 2.82. The molecule has 20 heavy (non-hydrogen) atoms. The van der Waals surface area contributed by atoms with Gasteiger partial charge in [0.05, 0.1) is 11.1 Å². The second-order valence-corrected chi connectivity index (χ2v) is 5.68. The van der Waals surface area contributed by atoms with E-state index in [1.54, 1.807) is 5.51 Å². The summed E-state index contributed by atoms with van der Waals surface area (Å²) in [5, 5.41) is 2.52. The van der Waals surface area contributed by atoms with Crippen molar-refractivity contribution in [2.75, 3.05) is 0 Å². The van der Waals surface area contributed by atoms with Crippen molar-refractivity contribution in [2.24, 2.45) is 0 Å². The molecule has 0 unspecified atom stereocenters. The van der Waals surface area contributed by atoms with E-state index in [9.17, 15) is 0 Å². The maximum Gasteiger partial charge on any atom is 0.181 e. The van der Waals surface area contributed by atoms with Crippen LogP contribution in [0.25, 0.3) is 22.6 Å². The Balaban J connectivity index is 2.11. The molecule has 0 aliphatic rings. The van der Waals surface area contributed by atoms with Crippen LogP contribution < -0.4 is 0 Å². The van der Waals surface area contributed by atoms with Gasteiger partial charge in [0, 0.05) is 5.38 Å². The minimum atomic E-state index is 0.330. The standard InChI is InChI=1S/C14H9Cl2N3S/c1-8-2-4-9(5-3-8)11-12(15)18-14(19-13(11)16)10-6-20-7-17-10/h2-7H,1H3. The van der Waals surface area contributed by atoms with E-state index >= 15 is 0 Å². The monoisotopic (exact) mass is 321 g/mol. The number of aromatic nitrogens is 3. The number of nitrogens with zero attached hydrogens (tertiary/aromatic N) is 3. The average molecular weight is 322 g/mol. The zero-order valence-electron chi connectivity index (χ0n) is 10.5. The van der Waals surface area contributed by atoms with Crippen LogP contribution in [0.1, 0.15) is 5.56 Å². The second kappa shape index (κ2) is 5.48. The van der Waals surface area contributed by atoms with Gasteiger partial charge in [0.25, 0.3) is 0 Å². The third-order valence-corrected chi connectivity index (χ3v) is 3.96. The molecule has 6 heteroatoms. The highest BCUT2D eigenvalue weighted by atomic mass is 35.5. The summed E-state index contributed by atoms with van der Waals surface area (Å²) in [6.07, 6.45) is 0. The molecule has 0 aliphatic carbocycles. The van der Waals surface area contributed by atoms with Gasteiger partial charge in [-0.25, -0.2) is 15.0 Å². The van der Waals surface area contributed by atoms with E-state index < -0.39 is 0 Å². The van der Waals surface area contributed by atoms with Crippen LogP contribution in [0, 0.1) is 6.92 Å². The predicted molar refractivity (Wildman–Crippen MR) is 83.3 cm³/mol. The molecule has 0 N–H and O–H groups in total. The molecule has 2 aromatic heterocycles. The number of rotatable bonds is 2. The summed E-state index contributed by atoms with van der Waals surface area (Å²) in [6.45, 7) is 2.02. The molecule has 2 heterocycles. The summed E-state index contributed by atoms with van der Waals surface area (Å²) >= 11 is 14.0. The van der Waals surface area contributed by atoms with Crippen LogP contribution in [0.2, 0.25) is 10.3 Å². The maximum absolute atomic E-state index is 6.27. The lowest BCUT2D eigenvalue weighted by molar-refractivity contribution is 1.15. The first kappa shape index (κ1) is 13.5. The summed E-state index contributed by atoms with van der Waals surface area (Å²) in [6, 6.07) is 7.90. The SMILES string of the molecule is Cc1ccc(-c2c(Cl)nc(-c3cscn3)nc2Cl)cc1. The first-order chi connectivity index (χ1) is 9.65. The van der Waals surface area contributed by atoms with Crippen LogP contribution in [-0.2, 0) is 0 Å². The molecule has 3 rings (SSSR count). The van der Waals surface area contributed by atoms with Crippen LogP contribution in [0.3, 0.4) is 0 Å². The smallest absolute Gasteiger partial charge is 0.181 e. The Morgan fingerprint density at radius 2 is 1.65 bits per heavy atom. The van der Waals surface area contributed by atoms with Gasteiger partial charge >= 0.3 is 0 Å². The number of aryl methyl sites for hydroxylation is 1. The van der Waals surface area contributed by atoms with Crippen molar-refractivity contribution >= 4 is 34.5 Å². The molecule has 0 amide bonds. The number of hydrogen-bond acceptors (Lipinski definition) is 4. The Bertz CT molecular complexity index is 717. The van der Waals surface area contributed by atoms with Gasteiger partial charge in [0.15, 0.2) is 5.82 Å². The van der Waals surface area contributed by atoms with E-state index in [1.807, 2.05) is 36.6 Å². The Labute approximate surface area is 130 Å². The van der Waals surface area contributed by atoms with Crippen LogP contribution in [0.15, 0.2) is 35.2 Å². The van der Waals surface area contributed by atoms with Gasteiger partial charge in [-0.05, 0) is 12.5 Å². The molecule has 3 nitrogen and oxygen atoms in total. The lowest BCUT2D eigenvalue weighted by Gasteiger charge is -2.08. The summed E-state index contributed by atoms with van der Waals surface area (Å²) < 4.78 is 0. The molecule has 3 aromatic rings. The molecule has 0 bridgehead atoms. The van der Waals surface area contributed by atoms with E-state index in [1.165, 1.54) is 16.9 Å². The molecule has 0 saturated carbocycles. The van der Waals surface area contributed by atoms with Gasteiger partial charge in [-0.15, -0.1) is 11.3 Å². The van der Waals surface area contributed by atoms with Crippen molar-refractivity contribution in [2.45, 2.75) is 6.92 Å². The van der Waals surface area contributed by atoms with Gasteiger partial charge in [-0.2, -0.15) is 0 Å². The van der Waals surface area contributed by atoms with Gasteiger partial charge in [-0.1, -0.05) is 53.0 Å². The lowest BCUT2D eigenvalue weighted by Crippen LogP contribution is -1.94. The molecule has 0 saturated heterocycles. The van der Waals surface area contributed by atoms with Crippen molar-refractivity contribution in [1.82, 2.24) is 15.0 Å². The van der Waals surface area contributed by atoms with Crippen LogP contribution in [0.5, 0.6) is 0 Å². The number of thiazole rings is 1.